The van der Waals surface area contributed by atoms with Crippen molar-refractivity contribution in [2.24, 2.45) is 0 Å². The Morgan fingerprint density at radius 1 is 1.64 bits per heavy atom. The molecular weight excluding hydrogens is 142 g/mol. The monoisotopic (exact) mass is 156 g/mol. The molecule has 0 fully saturated rings. The van der Waals surface area contributed by atoms with Crippen LogP contribution < -0.4 is 5.11 Å². The van der Waals surface area contributed by atoms with Crippen LogP contribution in [0.4, 0.5) is 0 Å². The van der Waals surface area contributed by atoms with Crippen LogP contribution in [0.5, 0.6) is 0 Å². The highest BCUT2D eigenvalue weighted by Gasteiger charge is 2.12. The second kappa shape index (κ2) is 4.13. The van der Waals surface area contributed by atoms with E-state index in [0.29, 0.717) is 0 Å². The van der Waals surface area contributed by atoms with Gasteiger partial charge < -0.3 is 14.8 Å². The Kier molecular flexibility index (Phi) is 3.82. The summed E-state index contributed by atoms with van der Waals surface area (Å²) in [4.78, 5) is 12.2. The minimum atomic E-state index is -1.16. The van der Waals surface area contributed by atoms with Gasteiger partial charge in [0, 0.05) is 6.04 Å². The number of nitrogens with zero attached hydrogens (tertiary/aromatic N) is 1. The molecule has 0 spiro atoms. The molecule has 0 bridgehead atoms. The maximum absolute atomic E-state index is 10.4. The topological polar surface area (TPSA) is 43.4 Å². The molecule has 0 saturated heterocycles. The fourth-order valence-corrected chi connectivity index (χ4v) is 1.06. The normalized spacial score (nSPS) is 13.1. The Labute approximate surface area is 67.3 Å². The Balaban J connectivity index is 4.26. The summed E-state index contributed by atoms with van der Waals surface area (Å²) in [6.07, 6.45) is 0.736. The van der Waals surface area contributed by atoms with Crippen LogP contribution in [0.25, 0.3) is 0 Å². The molecule has 0 amide bonds. The van der Waals surface area contributed by atoms with E-state index in [1.54, 1.807) is 0 Å². The van der Waals surface area contributed by atoms with Gasteiger partial charge in [-0.1, -0.05) is 13.5 Å². The van der Waals surface area contributed by atoms with Crippen LogP contribution in [-0.2, 0) is 4.79 Å². The van der Waals surface area contributed by atoms with E-state index in [2.05, 4.69) is 6.58 Å². The SMILES string of the molecule is C=C(C(=O)[O-])C(CC)N(C)C. The minimum absolute atomic E-state index is 0.111. The lowest BCUT2D eigenvalue weighted by Gasteiger charge is -2.25. The molecule has 0 heterocycles. The van der Waals surface area contributed by atoms with Crippen molar-refractivity contribution < 1.29 is 9.90 Å². The van der Waals surface area contributed by atoms with Crippen LogP contribution in [0.15, 0.2) is 12.2 Å². The second-order valence-corrected chi connectivity index (χ2v) is 2.70. The third kappa shape index (κ3) is 2.72. The smallest absolute Gasteiger partial charge is 0.0684 e. The maximum atomic E-state index is 10.4. The number of rotatable bonds is 4. The Bertz CT molecular complexity index is 163. The second-order valence-electron chi connectivity index (χ2n) is 2.70. The van der Waals surface area contributed by atoms with Crippen molar-refractivity contribution in [2.45, 2.75) is 19.4 Å². The van der Waals surface area contributed by atoms with Crippen molar-refractivity contribution in [2.75, 3.05) is 14.1 Å². The van der Waals surface area contributed by atoms with Crippen LogP contribution in [0.1, 0.15) is 13.3 Å². The lowest BCUT2D eigenvalue weighted by molar-refractivity contribution is -0.299. The molecule has 0 aliphatic rings. The zero-order valence-corrected chi connectivity index (χ0v) is 7.26. The molecule has 0 aromatic heterocycles. The average molecular weight is 156 g/mol. The van der Waals surface area contributed by atoms with Crippen molar-refractivity contribution in [3.05, 3.63) is 12.2 Å². The highest BCUT2D eigenvalue weighted by molar-refractivity contribution is 5.85. The van der Waals surface area contributed by atoms with Gasteiger partial charge in [-0.2, -0.15) is 0 Å². The van der Waals surface area contributed by atoms with Gasteiger partial charge in [-0.15, -0.1) is 0 Å². The van der Waals surface area contributed by atoms with Gasteiger partial charge in [-0.05, 0) is 26.1 Å². The molecule has 0 aromatic rings. The fraction of sp³-hybridized carbons (Fsp3) is 0.625. The molecule has 0 rings (SSSR count). The van der Waals surface area contributed by atoms with E-state index in [4.69, 9.17) is 0 Å². The molecule has 0 N–H and O–H groups in total. The lowest BCUT2D eigenvalue weighted by Crippen LogP contribution is -2.37. The summed E-state index contributed by atoms with van der Waals surface area (Å²) < 4.78 is 0. The molecule has 0 aliphatic heterocycles. The van der Waals surface area contributed by atoms with Crippen molar-refractivity contribution in [3.8, 4) is 0 Å². The molecule has 3 heteroatoms. The third-order valence-electron chi connectivity index (χ3n) is 1.67. The first-order chi connectivity index (χ1) is 5.00. The number of hydrogen-bond donors (Lipinski definition) is 0. The zero-order valence-electron chi connectivity index (χ0n) is 7.26. The van der Waals surface area contributed by atoms with Gasteiger partial charge in [0.1, 0.15) is 0 Å². The number of hydrogen-bond acceptors (Lipinski definition) is 3. The van der Waals surface area contributed by atoms with Crippen molar-refractivity contribution >= 4 is 5.97 Å². The van der Waals surface area contributed by atoms with E-state index >= 15 is 0 Å². The quantitative estimate of drug-likeness (QED) is 0.522. The first kappa shape index (κ1) is 10.2. The molecule has 0 radical (unpaired) electrons. The molecule has 11 heavy (non-hydrogen) atoms. The van der Waals surface area contributed by atoms with Gasteiger partial charge in [-0.25, -0.2) is 0 Å². The highest BCUT2D eigenvalue weighted by Crippen LogP contribution is 2.08. The molecule has 1 unspecified atom stereocenters. The van der Waals surface area contributed by atoms with E-state index in [9.17, 15) is 9.90 Å². The number of carbonyl (C=O) groups excluding carboxylic acids is 1. The fourth-order valence-electron chi connectivity index (χ4n) is 1.06. The molecule has 1 atom stereocenters. The van der Waals surface area contributed by atoms with Crippen molar-refractivity contribution in [1.82, 2.24) is 4.90 Å². The summed E-state index contributed by atoms with van der Waals surface area (Å²) in [5.74, 6) is -1.16. The van der Waals surface area contributed by atoms with Crippen LogP contribution in [0, 0.1) is 0 Å². The predicted octanol–water partition coefficient (Wildman–Crippen LogP) is -0.367. The van der Waals surface area contributed by atoms with E-state index in [0.717, 1.165) is 6.42 Å². The Morgan fingerprint density at radius 2 is 2.09 bits per heavy atom. The van der Waals surface area contributed by atoms with Gasteiger partial charge in [0.25, 0.3) is 0 Å². The van der Waals surface area contributed by atoms with Gasteiger partial charge in [0.15, 0.2) is 0 Å². The van der Waals surface area contributed by atoms with Gasteiger partial charge >= 0.3 is 0 Å². The van der Waals surface area contributed by atoms with E-state index < -0.39 is 5.97 Å². The molecule has 0 saturated carbocycles. The summed E-state index contributed by atoms with van der Waals surface area (Å²) in [5, 5.41) is 10.4. The van der Waals surface area contributed by atoms with E-state index in [-0.39, 0.29) is 11.6 Å². The van der Waals surface area contributed by atoms with Gasteiger partial charge in [0.2, 0.25) is 0 Å². The molecule has 64 valence electrons. The number of aliphatic carboxylic acids is 1. The lowest BCUT2D eigenvalue weighted by atomic mass is 10.1. The first-order valence-corrected chi connectivity index (χ1v) is 3.57. The van der Waals surface area contributed by atoms with Crippen LogP contribution in [-0.4, -0.2) is 31.0 Å². The Hall–Kier alpha value is -0.830. The predicted molar refractivity (Wildman–Crippen MR) is 41.9 cm³/mol. The summed E-state index contributed by atoms with van der Waals surface area (Å²) in [7, 11) is 3.64. The maximum Gasteiger partial charge on any atom is 0.0684 e. The molecule has 0 aliphatic carbocycles. The molecule has 0 aromatic carbocycles. The number of carbonyl (C=O) groups is 1. The van der Waals surface area contributed by atoms with Crippen LogP contribution in [0.3, 0.4) is 0 Å². The minimum Gasteiger partial charge on any atom is -0.545 e. The first-order valence-electron chi connectivity index (χ1n) is 3.57. The highest BCUT2D eigenvalue weighted by atomic mass is 16.4. The third-order valence-corrected chi connectivity index (χ3v) is 1.67. The van der Waals surface area contributed by atoms with Crippen LogP contribution in [0.2, 0.25) is 0 Å². The van der Waals surface area contributed by atoms with Gasteiger partial charge in [0.05, 0.1) is 5.97 Å². The number of carboxylic acids is 1. The van der Waals surface area contributed by atoms with E-state index in [1.165, 1.54) is 0 Å². The van der Waals surface area contributed by atoms with Crippen molar-refractivity contribution in [3.63, 3.8) is 0 Å². The van der Waals surface area contributed by atoms with E-state index in [1.807, 2.05) is 25.9 Å². The number of carboxylic acid groups (broad SMARTS) is 1. The van der Waals surface area contributed by atoms with Gasteiger partial charge in [-0.3, -0.25) is 0 Å². The summed E-state index contributed by atoms with van der Waals surface area (Å²) in [5.41, 5.74) is 0.150. The summed E-state index contributed by atoms with van der Waals surface area (Å²) in [6, 6.07) is -0.111. The summed E-state index contributed by atoms with van der Waals surface area (Å²) in [6.45, 7) is 5.36. The number of likely N-dealkylation sites (N-methyl/N-ethyl adjacent to an activating group) is 1. The Morgan fingerprint density at radius 3 is 2.18 bits per heavy atom. The standard InChI is InChI=1S/C8H15NO2/c1-5-7(9(3)4)6(2)8(10)11/h7H,2,5H2,1,3-4H3,(H,10,11)/p-1. The van der Waals surface area contributed by atoms with Crippen molar-refractivity contribution in [1.29, 1.82) is 0 Å². The average Bonchev–Trinajstić information content (AvgIpc) is 1.88. The summed E-state index contributed by atoms with van der Waals surface area (Å²) >= 11 is 0. The molecule has 3 nitrogen and oxygen atoms in total. The van der Waals surface area contributed by atoms with Crippen LogP contribution >= 0.6 is 0 Å². The molecular formula is C8H14NO2-. The zero-order chi connectivity index (χ0) is 9.02. The largest absolute Gasteiger partial charge is 0.545 e.